The van der Waals surface area contributed by atoms with Crippen LogP contribution in [0.5, 0.6) is 0 Å². The fraction of sp³-hybridized carbons (Fsp3) is 0.0667. The highest BCUT2D eigenvalue weighted by Gasteiger charge is 1.99. The van der Waals surface area contributed by atoms with E-state index in [1.807, 2.05) is 36.4 Å². The van der Waals surface area contributed by atoms with Crippen molar-refractivity contribution in [1.29, 1.82) is 0 Å². The number of nitrogens with one attached hydrogen (secondary N) is 1. The number of carbonyl (C=O) groups is 1. The van der Waals surface area contributed by atoms with Gasteiger partial charge >= 0.3 is 0 Å². The van der Waals surface area contributed by atoms with Crippen LogP contribution in [0.2, 0.25) is 0 Å². The van der Waals surface area contributed by atoms with Gasteiger partial charge in [0, 0.05) is 6.21 Å². The third-order valence-electron chi connectivity index (χ3n) is 2.36. The molecule has 1 N–H and O–H groups in total. The Morgan fingerprint density at radius 1 is 1.21 bits per heavy atom. The lowest BCUT2D eigenvalue weighted by atomic mass is 10.1. The number of nitrogens with zero attached hydrogens (tertiary/aromatic N) is 1. The Kier molecular flexibility index (Phi) is 4.70. The van der Waals surface area contributed by atoms with E-state index in [0.29, 0.717) is 6.42 Å². The first-order valence-corrected chi connectivity index (χ1v) is 5.90. The Morgan fingerprint density at radius 2 is 2.05 bits per heavy atom. The van der Waals surface area contributed by atoms with Crippen LogP contribution in [-0.2, 0) is 11.2 Å². The highest BCUT2D eigenvalue weighted by Crippen LogP contribution is 2.01. The molecule has 4 heteroatoms. The third-order valence-corrected chi connectivity index (χ3v) is 2.36. The number of rotatable bonds is 5. The van der Waals surface area contributed by atoms with Crippen molar-refractivity contribution in [2.75, 3.05) is 0 Å². The molecule has 0 spiro atoms. The molecule has 0 aliphatic carbocycles. The number of hydrazone groups is 1. The molecule has 1 amide bonds. The highest BCUT2D eigenvalue weighted by atomic mass is 16.3. The summed E-state index contributed by atoms with van der Waals surface area (Å²) in [5, 5.41) is 3.81. The number of carbonyl (C=O) groups excluding carboxylic acids is 1. The molecule has 0 aliphatic heterocycles. The molecule has 0 aliphatic rings. The van der Waals surface area contributed by atoms with Crippen LogP contribution in [0.3, 0.4) is 0 Å². The van der Waals surface area contributed by atoms with E-state index < -0.39 is 0 Å². The zero-order valence-electron chi connectivity index (χ0n) is 10.3. The molecule has 96 valence electrons. The molecule has 0 fully saturated rings. The minimum atomic E-state index is -0.145. The van der Waals surface area contributed by atoms with Crippen molar-refractivity contribution in [3.63, 3.8) is 0 Å². The molecule has 0 saturated heterocycles. The van der Waals surface area contributed by atoms with Crippen molar-refractivity contribution in [2.45, 2.75) is 6.42 Å². The summed E-state index contributed by atoms with van der Waals surface area (Å²) in [5.74, 6) is 0.593. The highest BCUT2D eigenvalue weighted by molar-refractivity contribution is 5.82. The average Bonchev–Trinajstić information content (AvgIpc) is 2.92. The SMILES string of the molecule is O=C(Cc1ccccc1)N/N=C\C=C\c1ccco1. The Morgan fingerprint density at radius 3 is 2.79 bits per heavy atom. The van der Waals surface area contributed by atoms with Crippen LogP contribution in [0.1, 0.15) is 11.3 Å². The maximum absolute atomic E-state index is 11.5. The number of benzene rings is 1. The topological polar surface area (TPSA) is 54.6 Å². The van der Waals surface area contributed by atoms with Crippen LogP contribution in [0, 0.1) is 0 Å². The lowest BCUT2D eigenvalue weighted by Gasteiger charge is -1.98. The molecular weight excluding hydrogens is 240 g/mol. The molecule has 1 aromatic carbocycles. The van der Waals surface area contributed by atoms with Crippen molar-refractivity contribution < 1.29 is 9.21 Å². The molecule has 1 heterocycles. The maximum atomic E-state index is 11.5. The summed E-state index contributed by atoms with van der Waals surface area (Å²) in [5.41, 5.74) is 3.42. The van der Waals surface area contributed by atoms with E-state index in [1.54, 1.807) is 24.5 Å². The van der Waals surface area contributed by atoms with E-state index in [9.17, 15) is 4.79 Å². The summed E-state index contributed by atoms with van der Waals surface area (Å²) in [6.45, 7) is 0. The van der Waals surface area contributed by atoms with Gasteiger partial charge in [-0.05, 0) is 29.8 Å². The molecule has 0 bridgehead atoms. The predicted octanol–water partition coefficient (Wildman–Crippen LogP) is 2.64. The second-order valence-electron chi connectivity index (χ2n) is 3.85. The minimum absolute atomic E-state index is 0.145. The monoisotopic (exact) mass is 254 g/mol. The van der Waals surface area contributed by atoms with Gasteiger partial charge in [-0.2, -0.15) is 5.10 Å². The summed E-state index contributed by atoms with van der Waals surface area (Å²) >= 11 is 0. The van der Waals surface area contributed by atoms with Gasteiger partial charge in [0.25, 0.3) is 0 Å². The summed E-state index contributed by atoms with van der Waals surface area (Å²) in [6, 6.07) is 13.2. The van der Waals surface area contributed by atoms with Crippen molar-refractivity contribution in [2.24, 2.45) is 5.10 Å². The molecule has 4 nitrogen and oxygen atoms in total. The van der Waals surface area contributed by atoms with Gasteiger partial charge in [0.1, 0.15) is 5.76 Å². The van der Waals surface area contributed by atoms with Gasteiger partial charge in [-0.25, -0.2) is 5.43 Å². The summed E-state index contributed by atoms with van der Waals surface area (Å²) in [4.78, 5) is 11.5. The fourth-order valence-corrected chi connectivity index (χ4v) is 1.50. The Labute approximate surface area is 111 Å². The van der Waals surface area contributed by atoms with Gasteiger partial charge in [0.2, 0.25) is 5.91 Å². The van der Waals surface area contributed by atoms with Crippen molar-refractivity contribution >= 4 is 18.2 Å². The number of hydrogen-bond acceptors (Lipinski definition) is 3. The number of furan rings is 1. The fourth-order valence-electron chi connectivity index (χ4n) is 1.50. The predicted molar refractivity (Wildman–Crippen MR) is 74.5 cm³/mol. The molecule has 1 aromatic heterocycles. The number of hydrogen-bond donors (Lipinski definition) is 1. The van der Waals surface area contributed by atoms with Crippen LogP contribution in [-0.4, -0.2) is 12.1 Å². The van der Waals surface area contributed by atoms with Crippen LogP contribution < -0.4 is 5.43 Å². The zero-order chi connectivity index (χ0) is 13.3. The van der Waals surface area contributed by atoms with Crippen LogP contribution in [0.4, 0.5) is 0 Å². The molecule has 0 atom stereocenters. The molecule has 19 heavy (non-hydrogen) atoms. The first-order chi connectivity index (χ1) is 9.34. The Balaban J connectivity index is 1.74. The standard InChI is InChI=1S/C15H14N2O2/c18-15(12-13-6-2-1-3-7-13)17-16-10-4-8-14-9-5-11-19-14/h1-11H,12H2,(H,17,18)/b8-4+,16-10-. The largest absolute Gasteiger partial charge is 0.465 e. The molecule has 2 rings (SSSR count). The second-order valence-corrected chi connectivity index (χ2v) is 3.85. The summed E-state index contributed by atoms with van der Waals surface area (Å²) in [7, 11) is 0. The molecule has 0 radical (unpaired) electrons. The van der Waals surface area contributed by atoms with Crippen LogP contribution in [0.25, 0.3) is 6.08 Å². The van der Waals surface area contributed by atoms with E-state index >= 15 is 0 Å². The van der Waals surface area contributed by atoms with E-state index in [4.69, 9.17) is 4.42 Å². The molecule has 0 saturated carbocycles. The van der Waals surface area contributed by atoms with Crippen molar-refractivity contribution in [3.05, 3.63) is 66.1 Å². The van der Waals surface area contributed by atoms with Crippen molar-refractivity contribution in [3.8, 4) is 0 Å². The van der Waals surface area contributed by atoms with Gasteiger partial charge in [-0.15, -0.1) is 0 Å². The van der Waals surface area contributed by atoms with E-state index in [1.165, 1.54) is 6.21 Å². The first kappa shape index (κ1) is 12.8. The van der Waals surface area contributed by atoms with E-state index in [-0.39, 0.29) is 5.91 Å². The van der Waals surface area contributed by atoms with Gasteiger partial charge in [-0.3, -0.25) is 4.79 Å². The number of allylic oxidation sites excluding steroid dienone is 1. The summed E-state index contributed by atoms with van der Waals surface area (Å²) in [6.07, 6.45) is 6.87. The molecule has 0 unspecified atom stereocenters. The lowest BCUT2D eigenvalue weighted by molar-refractivity contribution is -0.120. The smallest absolute Gasteiger partial charge is 0.244 e. The molecule has 2 aromatic rings. The number of amides is 1. The van der Waals surface area contributed by atoms with Gasteiger partial charge in [-0.1, -0.05) is 30.3 Å². The van der Waals surface area contributed by atoms with Gasteiger partial charge in [0.15, 0.2) is 0 Å². The van der Waals surface area contributed by atoms with E-state index in [2.05, 4.69) is 10.5 Å². The first-order valence-electron chi connectivity index (χ1n) is 5.90. The van der Waals surface area contributed by atoms with Gasteiger partial charge < -0.3 is 4.42 Å². The minimum Gasteiger partial charge on any atom is -0.465 e. The maximum Gasteiger partial charge on any atom is 0.244 e. The third kappa shape index (κ3) is 4.63. The lowest BCUT2D eigenvalue weighted by Crippen LogP contribution is -2.19. The quantitative estimate of drug-likeness (QED) is 0.658. The van der Waals surface area contributed by atoms with Crippen molar-refractivity contribution in [1.82, 2.24) is 5.43 Å². The zero-order valence-corrected chi connectivity index (χ0v) is 10.3. The Hall–Kier alpha value is -2.62. The Bertz CT molecular complexity index is 557. The molecular formula is C15H14N2O2. The van der Waals surface area contributed by atoms with Gasteiger partial charge in [0.05, 0.1) is 12.7 Å². The summed E-state index contributed by atoms with van der Waals surface area (Å²) < 4.78 is 5.10. The van der Waals surface area contributed by atoms with E-state index in [0.717, 1.165) is 11.3 Å². The van der Waals surface area contributed by atoms with Crippen LogP contribution >= 0.6 is 0 Å². The van der Waals surface area contributed by atoms with Crippen LogP contribution in [0.15, 0.2) is 64.3 Å². The normalized spacial score (nSPS) is 11.2. The second kappa shape index (κ2) is 6.96. The average molecular weight is 254 g/mol.